The highest BCUT2D eigenvalue weighted by molar-refractivity contribution is 5.64. The van der Waals surface area contributed by atoms with E-state index in [1.807, 2.05) is 0 Å². The molecule has 0 bridgehead atoms. The lowest BCUT2D eigenvalue weighted by atomic mass is 9.77. The molecular formula is C27H35F3O. The highest BCUT2D eigenvalue weighted by atomic mass is 19.4. The van der Waals surface area contributed by atoms with E-state index in [0.29, 0.717) is 0 Å². The van der Waals surface area contributed by atoms with Crippen LogP contribution >= 0.6 is 0 Å². The molecule has 2 aromatic rings. The molecule has 0 saturated heterocycles. The van der Waals surface area contributed by atoms with Crippen LogP contribution < -0.4 is 4.74 Å². The molecule has 1 nitrogen and oxygen atoms in total. The summed E-state index contributed by atoms with van der Waals surface area (Å²) < 4.78 is 40.8. The summed E-state index contributed by atoms with van der Waals surface area (Å²) in [7, 11) is 0. The van der Waals surface area contributed by atoms with Gasteiger partial charge in [0.15, 0.2) is 0 Å². The Hall–Kier alpha value is -1.97. The van der Waals surface area contributed by atoms with Crippen LogP contribution in [0.25, 0.3) is 11.1 Å². The van der Waals surface area contributed by atoms with Crippen LogP contribution in [0.15, 0.2) is 48.5 Å². The average molecular weight is 433 g/mol. The van der Waals surface area contributed by atoms with Crippen LogP contribution in [-0.4, -0.2) is 6.36 Å². The second-order valence-corrected chi connectivity index (χ2v) is 9.29. The summed E-state index contributed by atoms with van der Waals surface area (Å²) in [6.07, 6.45) is 7.32. The molecule has 1 unspecified atom stereocenters. The fraction of sp³-hybridized carbons (Fsp3) is 0.556. The molecule has 31 heavy (non-hydrogen) atoms. The minimum atomic E-state index is -4.66. The van der Waals surface area contributed by atoms with Crippen LogP contribution in [0.2, 0.25) is 0 Å². The maximum atomic E-state index is 12.3. The van der Waals surface area contributed by atoms with Crippen molar-refractivity contribution in [2.45, 2.75) is 78.0 Å². The molecule has 2 aromatic carbocycles. The molecule has 0 aromatic heterocycles. The first-order chi connectivity index (χ1) is 14.8. The van der Waals surface area contributed by atoms with Crippen molar-refractivity contribution in [2.75, 3.05) is 0 Å². The van der Waals surface area contributed by atoms with Gasteiger partial charge in [-0.1, -0.05) is 95.2 Å². The predicted molar refractivity (Wildman–Crippen MR) is 121 cm³/mol. The van der Waals surface area contributed by atoms with Crippen LogP contribution in [0.1, 0.15) is 70.8 Å². The summed E-state index contributed by atoms with van der Waals surface area (Å²) in [5, 5.41) is 0. The zero-order valence-corrected chi connectivity index (χ0v) is 18.8. The zero-order valence-electron chi connectivity index (χ0n) is 18.8. The second kappa shape index (κ2) is 11.1. The lowest BCUT2D eigenvalue weighted by Gasteiger charge is -2.29. The Morgan fingerprint density at radius 3 is 1.87 bits per heavy atom. The minimum Gasteiger partial charge on any atom is -0.406 e. The molecule has 1 atom stereocenters. The zero-order chi connectivity index (χ0) is 22.3. The van der Waals surface area contributed by atoms with Gasteiger partial charge in [-0.05, 0) is 59.4 Å². The normalized spacial score (nSPS) is 20.4. The Labute approximate surface area is 185 Å². The van der Waals surface area contributed by atoms with Crippen molar-refractivity contribution in [1.82, 2.24) is 0 Å². The number of benzene rings is 2. The third-order valence-electron chi connectivity index (χ3n) is 6.95. The van der Waals surface area contributed by atoms with E-state index in [2.05, 4.69) is 42.8 Å². The van der Waals surface area contributed by atoms with E-state index in [0.717, 1.165) is 35.3 Å². The number of ether oxygens (including phenoxy) is 1. The van der Waals surface area contributed by atoms with Crippen molar-refractivity contribution in [3.63, 3.8) is 0 Å². The summed E-state index contributed by atoms with van der Waals surface area (Å²) in [4.78, 5) is 0. The molecule has 3 rings (SSSR count). The quantitative estimate of drug-likeness (QED) is 0.384. The summed E-state index contributed by atoms with van der Waals surface area (Å²) in [5.41, 5.74) is 3.22. The lowest BCUT2D eigenvalue weighted by Crippen LogP contribution is -2.16. The summed E-state index contributed by atoms with van der Waals surface area (Å²) in [6, 6.07) is 14.4. The van der Waals surface area contributed by atoms with Crippen molar-refractivity contribution < 1.29 is 17.9 Å². The van der Waals surface area contributed by atoms with E-state index < -0.39 is 6.36 Å². The molecule has 1 fully saturated rings. The fourth-order valence-electron chi connectivity index (χ4n) is 4.62. The van der Waals surface area contributed by atoms with Crippen LogP contribution in [0, 0.1) is 17.8 Å². The van der Waals surface area contributed by atoms with E-state index in [1.54, 1.807) is 12.1 Å². The van der Waals surface area contributed by atoms with Crippen LogP contribution in [-0.2, 0) is 6.42 Å². The second-order valence-electron chi connectivity index (χ2n) is 9.29. The van der Waals surface area contributed by atoms with Crippen molar-refractivity contribution in [2.24, 2.45) is 17.8 Å². The molecule has 1 aliphatic carbocycles. The van der Waals surface area contributed by atoms with E-state index >= 15 is 0 Å². The Morgan fingerprint density at radius 2 is 1.35 bits per heavy atom. The minimum absolute atomic E-state index is 0.192. The largest absolute Gasteiger partial charge is 0.573 e. The number of alkyl halides is 3. The number of aryl methyl sites for hydroxylation is 1. The monoisotopic (exact) mass is 432 g/mol. The standard InChI is InChI=1S/C27H35F3O/c1-3-20(2)4-5-21-6-8-22(9-7-21)10-11-23-12-14-24(15-13-23)25-16-18-26(19-17-25)31-27(28,29)30/h12-22H,3-11H2,1-2H3. The summed E-state index contributed by atoms with van der Waals surface area (Å²) >= 11 is 0. The maximum absolute atomic E-state index is 12.3. The number of rotatable bonds is 9. The van der Waals surface area contributed by atoms with Crippen molar-refractivity contribution in [1.29, 1.82) is 0 Å². The Kier molecular flexibility index (Phi) is 8.45. The molecule has 4 heteroatoms. The van der Waals surface area contributed by atoms with Gasteiger partial charge < -0.3 is 4.74 Å². The molecular weight excluding hydrogens is 397 g/mol. The average Bonchev–Trinajstić information content (AvgIpc) is 2.76. The van der Waals surface area contributed by atoms with Gasteiger partial charge >= 0.3 is 6.36 Å². The van der Waals surface area contributed by atoms with Gasteiger partial charge in [0.05, 0.1) is 0 Å². The first-order valence-electron chi connectivity index (χ1n) is 11.8. The third kappa shape index (κ3) is 7.90. The van der Waals surface area contributed by atoms with Crippen LogP contribution in [0.3, 0.4) is 0 Å². The Bertz CT molecular complexity index is 772. The Morgan fingerprint density at radius 1 is 0.839 bits per heavy atom. The maximum Gasteiger partial charge on any atom is 0.573 e. The Balaban J connectivity index is 1.43. The molecule has 0 spiro atoms. The number of hydrogen-bond acceptors (Lipinski definition) is 1. The van der Waals surface area contributed by atoms with Crippen LogP contribution in [0.5, 0.6) is 5.75 Å². The van der Waals surface area contributed by atoms with E-state index in [4.69, 9.17) is 0 Å². The molecule has 0 N–H and O–H groups in total. The van der Waals surface area contributed by atoms with E-state index in [9.17, 15) is 13.2 Å². The first kappa shape index (κ1) is 23.7. The summed E-state index contributed by atoms with van der Waals surface area (Å²) in [5.74, 6) is 2.47. The van der Waals surface area contributed by atoms with Gasteiger partial charge in [-0.15, -0.1) is 13.2 Å². The first-order valence-corrected chi connectivity index (χ1v) is 11.8. The van der Waals surface area contributed by atoms with Gasteiger partial charge in [-0.25, -0.2) is 0 Å². The predicted octanol–water partition coefficient (Wildman–Crippen LogP) is 8.82. The van der Waals surface area contributed by atoms with Crippen molar-refractivity contribution in [3.8, 4) is 16.9 Å². The van der Waals surface area contributed by atoms with Gasteiger partial charge in [-0.3, -0.25) is 0 Å². The number of hydrogen-bond donors (Lipinski definition) is 0. The topological polar surface area (TPSA) is 9.23 Å². The smallest absolute Gasteiger partial charge is 0.406 e. The number of halogens is 3. The fourth-order valence-corrected chi connectivity index (χ4v) is 4.62. The lowest BCUT2D eigenvalue weighted by molar-refractivity contribution is -0.274. The highest BCUT2D eigenvalue weighted by Gasteiger charge is 2.31. The van der Waals surface area contributed by atoms with Gasteiger partial charge in [-0.2, -0.15) is 0 Å². The molecule has 0 radical (unpaired) electrons. The highest BCUT2D eigenvalue weighted by Crippen LogP contribution is 2.35. The van der Waals surface area contributed by atoms with Crippen LogP contribution in [0.4, 0.5) is 13.2 Å². The van der Waals surface area contributed by atoms with Crippen molar-refractivity contribution in [3.05, 3.63) is 54.1 Å². The molecule has 0 heterocycles. The van der Waals surface area contributed by atoms with Gasteiger partial charge in [0.1, 0.15) is 5.75 Å². The third-order valence-corrected chi connectivity index (χ3v) is 6.95. The summed E-state index contributed by atoms with van der Waals surface area (Å²) in [6.45, 7) is 4.66. The van der Waals surface area contributed by atoms with Gasteiger partial charge in [0.2, 0.25) is 0 Å². The SMILES string of the molecule is CCC(C)CCC1CCC(CCc2ccc(-c3ccc(OC(F)(F)F)cc3)cc2)CC1. The van der Waals surface area contributed by atoms with E-state index in [1.165, 1.54) is 69.1 Å². The molecule has 0 aliphatic heterocycles. The molecule has 1 saturated carbocycles. The van der Waals surface area contributed by atoms with Gasteiger partial charge in [0.25, 0.3) is 0 Å². The van der Waals surface area contributed by atoms with E-state index in [-0.39, 0.29) is 5.75 Å². The molecule has 0 amide bonds. The van der Waals surface area contributed by atoms with Gasteiger partial charge in [0, 0.05) is 0 Å². The van der Waals surface area contributed by atoms with Crippen molar-refractivity contribution >= 4 is 0 Å². The molecule has 170 valence electrons. The molecule has 1 aliphatic rings.